The van der Waals surface area contributed by atoms with Crippen molar-refractivity contribution in [3.63, 3.8) is 0 Å². The number of carbonyl (C=O) groups is 1. The van der Waals surface area contributed by atoms with Crippen LogP contribution in [0.1, 0.15) is 83.8 Å². The van der Waals surface area contributed by atoms with Gasteiger partial charge in [-0.25, -0.2) is 0 Å². The van der Waals surface area contributed by atoms with Crippen LogP contribution in [0.15, 0.2) is 18.2 Å². The fourth-order valence-corrected chi connectivity index (χ4v) is 6.98. The highest BCUT2D eigenvalue weighted by molar-refractivity contribution is 5.75. The van der Waals surface area contributed by atoms with E-state index >= 15 is 0 Å². The third-order valence-electron chi connectivity index (χ3n) is 8.48. The predicted octanol–water partition coefficient (Wildman–Crippen LogP) is 6.46. The molecule has 7 heteroatoms. The molecule has 2 fully saturated rings. The van der Waals surface area contributed by atoms with E-state index in [1.54, 1.807) is 0 Å². The Morgan fingerprint density at radius 1 is 1.19 bits per heavy atom. The van der Waals surface area contributed by atoms with E-state index in [-0.39, 0.29) is 5.41 Å². The Balaban J connectivity index is 0.000000257. The second kappa shape index (κ2) is 11.3. The lowest BCUT2D eigenvalue weighted by molar-refractivity contribution is -0.144. The van der Waals surface area contributed by atoms with Crippen molar-refractivity contribution in [2.45, 2.75) is 90.7 Å². The number of hydrogen-bond donors (Lipinski definition) is 2. The average Bonchev–Trinajstić information content (AvgIpc) is 3.47. The standard InChI is InChI=1S/C22H33NO.C7H12F3NO/c1-15-11-21(2,3)22(12-15)18(14-23(4)13-16-5-6-16)9-17-7-8-19(24)10-20(17)22;1-2-5-11-6(12)3-4-7(8,9)10/h7-8,10,15-16,18,24H,5-6,9,11-14H2,1-4H3;2-5H2,1H3,(H,11,12)/t15-,18?,22?;/m0./s1. The molecule has 2 N–H and O–H groups in total. The zero-order chi connectivity index (χ0) is 26.7. The summed E-state index contributed by atoms with van der Waals surface area (Å²) in [6.45, 7) is 12.1. The maximum Gasteiger partial charge on any atom is 0.389 e. The fraction of sp³-hybridized carbons (Fsp3) is 0.759. The number of halogens is 3. The largest absolute Gasteiger partial charge is 0.508 e. The minimum Gasteiger partial charge on any atom is -0.508 e. The lowest BCUT2D eigenvalue weighted by atomic mass is 9.60. The summed E-state index contributed by atoms with van der Waals surface area (Å²) in [6.07, 6.45) is 1.60. The Labute approximate surface area is 215 Å². The van der Waals surface area contributed by atoms with Gasteiger partial charge < -0.3 is 15.3 Å². The number of amides is 1. The first kappa shape index (κ1) is 28.8. The van der Waals surface area contributed by atoms with Gasteiger partial charge in [0.05, 0.1) is 6.42 Å². The number of nitrogens with zero attached hydrogens (tertiary/aromatic N) is 1. The third kappa shape index (κ3) is 6.96. The minimum absolute atomic E-state index is 0.234. The van der Waals surface area contributed by atoms with Crippen LogP contribution in [0.3, 0.4) is 0 Å². The summed E-state index contributed by atoms with van der Waals surface area (Å²) in [6, 6.07) is 6.16. The highest BCUT2D eigenvalue weighted by atomic mass is 19.4. The van der Waals surface area contributed by atoms with E-state index < -0.39 is 24.9 Å². The molecule has 0 heterocycles. The summed E-state index contributed by atoms with van der Waals surface area (Å²) in [5, 5.41) is 12.5. The second-order valence-electron chi connectivity index (χ2n) is 12.2. The number of hydrogen-bond acceptors (Lipinski definition) is 3. The molecule has 0 radical (unpaired) electrons. The van der Waals surface area contributed by atoms with Crippen molar-refractivity contribution in [3.8, 4) is 5.75 Å². The number of aromatic hydroxyl groups is 1. The molecule has 0 bridgehead atoms. The number of fused-ring (bicyclic) bond motifs is 2. The van der Waals surface area contributed by atoms with Gasteiger partial charge in [-0.2, -0.15) is 13.2 Å². The van der Waals surface area contributed by atoms with Gasteiger partial charge in [-0.3, -0.25) is 4.79 Å². The van der Waals surface area contributed by atoms with E-state index in [0.717, 1.165) is 18.3 Å². The number of carbonyl (C=O) groups excluding carboxylic acids is 1. The van der Waals surface area contributed by atoms with Crippen LogP contribution in [0.2, 0.25) is 0 Å². The molecule has 1 amide bonds. The van der Waals surface area contributed by atoms with Crippen LogP contribution < -0.4 is 5.32 Å². The molecule has 1 aromatic rings. The SMILES string of the molecule is CCCNC(=O)CCC(F)(F)F.C[C@H]1CC(C)(C)C2(C1)c1cc(O)ccc1CC2CN(C)CC1CC1. The second-order valence-corrected chi connectivity index (χ2v) is 12.2. The zero-order valence-corrected chi connectivity index (χ0v) is 22.7. The van der Waals surface area contributed by atoms with E-state index in [1.165, 1.54) is 56.3 Å². The molecule has 204 valence electrons. The van der Waals surface area contributed by atoms with Gasteiger partial charge in [0.1, 0.15) is 5.75 Å². The number of phenols is 1. The molecular weight excluding hydrogens is 465 g/mol. The fourth-order valence-electron chi connectivity index (χ4n) is 6.98. The van der Waals surface area contributed by atoms with Crippen molar-refractivity contribution in [3.05, 3.63) is 29.3 Å². The smallest absolute Gasteiger partial charge is 0.389 e. The molecule has 2 saturated carbocycles. The Bertz CT molecular complexity index is 897. The molecule has 1 aromatic carbocycles. The third-order valence-corrected chi connectivity index (χ3v) is 8.48. The number of phenolic OH excluding ortho intramolecular Hbond substituents is 1. The number of alkyl halides is 3. The predicted molar refractivity (Wildman–Crippen MR) is 138 cm³/mol. The Hall–Kier alpha value is -1.76. The summed E-state index contributed by atoms with van der Waals surface area (Å²) in [5.41, 5.74) is 3.48. The molecule has 1 spiro atoms. The number of rotatable bonds is 8. The van der Waals surface area contributed by atoms with Gasteiger partial charge in [-0.05, 0) is 92.0 Å². The Kier molecular flexibility index (Phi) is 9.06. The van der Waals surface area contributed by atoms with Crippen LogP contribution in [-0.4, -0.2) is 48.8 Å². The first-order chi connectivity index (χ1) is 16.8. The highest BCUT2D eigenvalue weighted by Gasteiger charge is 2.59. The van der Waals surface area contributed by atoms with Gasteiger partial charge in [0.15, 0.2) is 0 Å². The maximum atomic E-state index is 11.6. The van der Waals surface area contributed by atoms with Crippen molar-refractivity contribution in [1.82, 2.24) is 10.2 Å². The van der Waals surface area contributed by atoms with Crippen LogP contribution >= 0.6 is 0 Å². The molecule has 4 rings (SSSR count). The summed E-state index contributed by atoms with van der Waals surface area (Å²) in [5.74, 6) is 2.31. The molecular formula is C29H45F3N2O2. The molecule has 0 saturated heterocycles. The minimum atomic E-state index is -4.23. The van der Waals surface area contributed by atoms with Crippen LogP contribution in [0, 0.1) is 23.2 Å². The summed E-state index contributed by atoms with van der Waals surface area (Å²) in [4.78, 5) is 13.2. The van der Waals surface area contributed by atoms with Crippen molar-refractivity contribution in [2.24, 2.45) is 23.2 Å². The van der Waals surface area contributed by atoms with Crippen molar-refractivity contribution in [2.75, 3.05) is 26.7 Å². The summed E-state index contributed by atoms with van der Waals surface area (Å²) >= 11 is 0. The summed E-state index contributed by atoms with van der Waals surface area (Å²) in [7, 11) is 2.32. The van der Waals surface area contributed by atoms with E-state index in [2.05, 4.69) is 50.2 Å². The summed E-state index contributed by atoms with van der Waals surface area (Å²) < 4.78 is 34.7. The highest BCUT2D eigenvalue weighted by Crippen LogP contribution is 2.64. The van der Waals surface area contributed by atoms with Crippen LogP contribution in [-0.2, 0) is 16.6 Å². The van der Waals surface area contributed by atoms with Crippen molar-refractivity contribution < 1.29 is 23.1 Å². The quantitative estimate of drug-likeness (QED) is 0.422. The van der Waals surface area contributed by atoms with E-state index in [0.29, 0.717) is 23.6 Å². The lowest BCUT2D eigenvalue weighted by Gasteiger charge is -2.45. The number of nitrogens with one attached hydrogen (secondary N) is 1. The van der Waals surface area contributed by atoms with E-state index in [4.69, 9.17) is 0 Å². The topological polar surface area (TPSA) is 52.6 Å². The van der Waals surface area contributed by atoms with Crippen LogP contribution in [0.4, 0.5) is 13.2 Å². The van der Waals surface area contributed by atoms with Gasteiger partial charge >= 0.3 is 6.18 Å². The monoisotopic (exact) mass is 510 g/mol. The average molecular weight is 511 g/mol. The number of benzene rings is 1. The van der Waals surface area contributed by atoms with Gasteiger partial charge in [0.2, 0.25) is 5.91 Å². The van der Waals surface area contributed by atoms with Crippen LogP contribution in [0.5, 0.6) is 5.75 Å². The van der Waals surface area contributed by atoms with Gasteiger partial charge in [0.25, 0.3) is 0 Å². The Morgan fingerprint density at radius 3 is 2.44 bits per heavy atom. The van der Waals surface area contributed by atoms with Crippen molar-refractivity contribution in [1.29, 1.82) is 0 Å². The molecule has 3 atom stereocenters. The van der Waals surface area contributed by atoms with Gasteiger partial charge in [-0.1, -0.05) is 33.8 Å². The molecule has 0 aliphatic heterocycles. The first-order valence-electron chi connectivity index (χ1n) is 13.6. The van der Waals surface area contributed by atoms with E-state index in [1.807, 2.05) is 13.0 Å². The zero-order valence-electron chi connectivity index (χ0n) is 22.7. The lowest BCUT2D eigenvalue weighted by Crippen LogP contribution is -2.46. The molecule has 36 heavy (non-hydrogen) atoms. The molecule has 4 nitrogen and oxygen atoms in total. The van der Waals surface area contributed by atoms with Gasteiger partial charge in [-0.15, -0.1) is 0 Å². The van der Waals surface area contributed by atoms with Gasteiger partial charge in [0, 0.05) is 31.5 Å². The normalized spacial score (nSPS) is 26.6. The maximum absolute atomic E-state index is 11.6. The molecule has 0 aromatic heterocycles. The molecule has 3 aliphatic carbocycles. The molecule has 2 unspecified atom stereocenters. The van der Waals surface area contributed by atoms with E-state index in [9.17, 15) is 23.1 Å². The Morgan fingerprint density at radius 2 is 1.89 bits per heavy atom. The molecule has 3 aliphatic rings. The first-order valence-corrected chi connectivity index (χ1v) is 13.6. The van der Waals surface area contributed by atoms with Crippen LogP contribution in [0.25, 0.3) is 0 Å². The van der Waals surface area contributed by atoms with Crippen molar-refractivity contribution >= 4 is 5.91 Å².